The van der Waals surface area contributed by atoms with Crippen LogP contribution < -0.4 is 26.2 Å². The van der Waals surface area contributed by atoms with Crippen molar-refractivity contribution in [1.82, 2.24) is 21.5 Å². The minimum Gasteiger partial charge on any atom is -0.497 e. The summed E-state index contributed by atoms with van der Waals surface area (Å²) in [5.74, 6) is 0.746. The highest BCUT2D eigenvalue weighted by atomic mass is 35.5. The largest absolute Gasteiger partial charge is 0.497 e. The second-order valence-electron chi connectivity index (χ2n) is 7.28. The molecule has 4 N–H and O–H groups in total. The topological polar surface area (TPSA) is 83.7 Å². The van der Waals surface area contributed by atoms with Crippen molar-refractivity contribution in [3.63, 3.8) is 0 Å². The van der Waals surface area contributed by atoms with Crippen LogP contribution in [-0.4, -0.2) is 52.9 Å². The molecule has 2 aliphatic rings. The van der Waals surface area contributed by atoms with Crippen LogP contribution in [0.4, 0.5) is 0 Å². The van der Waals surface area contributed by atoms with E-state index in [1.54, 1.807) is 14.2 Å². The molecule has 0 bridgehead atoms. The van der Waals surface area contributed by atoms with Crippen molar-refractivity contribution < 1.29 is 14.3 Å². The van der Waals surface area contributed by atoms with Gasteiger partial charge in [0, 0.05) is 25.6 Å². The second-order valence-corrected chi connectivity index (χ2v) is 7.28. The Hall–Kier alpha value is -1.38. The van der Waals surface area contributed by atoms with Gasteiger partial charge in [-0.3, -0.25) is 10.2 Å². The normalized spacial score (nSPS) is 24.1. The number of amides is 1. The number of hydrogen-bond donors (Lipinski definition) is 4. The molecule has 3 rings (SSSR count). The van der Waals surface area contributed by atoms with Crippen LogP contribution >= 0.6 is 12.4 Å². The molecule has 2 aliphatic heterocycles. The van der Waals surface area contributed by atoms with Gasteiger partial charge in [-0.25, -0.2) is 5.43 Å². The predicted octanol–water partition coefficient (Wildman–Crippen LogP) is 1.01. The summed E-state index contributed by atoms with van der Waals surface area (Å²) in [6.07, 6.45) is 2.04. The second kappa shape index (κ2) is 10.2. The summed E-state index contributed by atoms with van der Waals surface area (Å²) in [7, 11) is 3.38. The van der Waals surface area contributed by atoms with Gasteiger partial charge in [-0.15, -0.1) is 12.4 Å². The third-order valence-corrected chi connectivity index (χ3v) is 5.55. The van der Waals surface area contributed by atoms with Crippen LogP contribution in [0.3, 0.4) is 0 Å². The Morgan fingerprint density at radius 3 is 2.56 bits per heavy atom. The number of benzene rings is 1. The Morgan fingerprint density at radius 2 is 1.93 bits per heavy atom. The Labute approximate surface area is 167 Å². The molecule has 0 spiro atoms. The van der Waals surface area contributed by atoms with Crippen molar-refractivity contribution in [2.24, 2.45) is 11.3 Å². The van der Waals surface area contributed by atoms with Gasteiger partial charge in [0.15, 0.2) is 0 Å². The highest BCUT2D eigenvalue weighted by Gasteiger charge is 2.37. The molecule has 2 heterocycles. The van der Waals surface area contributed by atoms with Crippen LogP contribution in [-0.2, 0) is 9.53 Å². The molecule has 2 saturated heterocycles. The first-order valence-corrected chi connectivity index (χ1v) is 9.27. The molecule has 0 aromatic heterocycles. The fourth-order valence-electron chi connectivity index (χ4n) is 3.91. The van der Waals surface area contributed by atoms with Crippen molar-refractivity contribution >= 4 is 18.3 Å². The average Bonchev–Trinajstić information content (AvgIpc) is 3.17. The zero-order chi connectivity index (χ0) is 18.4. The van der Waals surface area contributed by atoms with Crippen molar-refractivity contribution in [2.45, 2.75) is 18.9 Å². The van der Waals surface area contributed by atoms with Crippen molar-refractivity contribution in [3.8, 4) is 5.75 Å². The molecule has 0 aliphatic carbocycles. The van der Waals surface area contributed by atoms with Gasteiger partial charge in [0.1, 0.15) is 5.75 Å². The van der Waals surface area contributed by atoms with Crippen LogP contribution in [0.15, 0.2) is 24.3 Å². The lowest BCUT2D eigenvalue weighted by Gasteiger charge is -2.37. The van der Waals surface area contributed by atoms with Crippen LogP contribution in [0, 0.1) is 11.3 Å². The van der Waals surface area contributed by atoms with E-state index in [-0.39, 0.29) is 35.7 Å². The maximum Gasteiger partial charge on any atom is 0.226 e. The van der Waals surface area contributed by atoms with Gasteiger partial charge in [-0.05, 0) is 43.6 Å². The number of nitrogens with one attached hydrogen (secondary N) is 4. The lowest BCUT2D eigenvalue weighted by molar-refractivity contribution is -0.125. The summed E-state index contributed by atoms with van der Waals surface area (Å²) in [4.78, 5) is 12.9. The van der Waals surface area contributed by atoms with Gasteiger partial charge in [0.25, 0.3) is 0 Å². The first kappa shape index (κ1) is 21.9. The molecule has 2 unspecified atom stereocenters. The number of rotatable bonds is 7. The molecule has 1 aromatic rings. The minimum absolute atomic E-state index is 0. The quantitative estimate of drug-likeness (QED) is 0.549. The van der Waals surface area contributed by atoms with Crippen LogP contribution in [0.5, 0.6) is 5.75 Å². The third-order valence-electron chi connectivity index (χ3n) is 5.55. The van der Waals surface area contributed by atoms with Gasteiger partial charge in [-0.1, -0.05) is 12.1 Å². The molecule has 2 atom stereocenters. The number of carbonyl (C=O) groups is 1. The van der Waals surface area contributed by atoms with Gasteiger partial charge in [-0.2, -0.15) is 0 Å². The number of piperidine rings is 1. The van der Waals surface area contributed by atoms with E-state index >= 15 is 0 Å². The molecule has 1 amide bonds. The molecule has 27 heavy (non-hydrogen) atoms. The maximum absolute atomic E-state index is 12.9. The van der Waals surface area contributed by atoms with E-state index < -0.39 is 0 Å². The van der Waals surface area contributed by atoms with E-state index in [9.17, 15) is 4.79 Å². The molecule has 152 valence electrons. The van der Waals surface area contributed by atoms with Gasteiger partial charge in [0.05, 0.1) is 25.7 Å². The van der Waals surface area contributed by atoms with Gasteiger partial charge >= 0.3 is 0 Å². The molecule has 1 aromatic carbocycles. The first-order valence-electron chi connectivity index (χ1n) is 9.27. The number of methoxy groups -OCH3 is 2. The molecule has 0 saturated carbocycles. The Bertz CT molecular complexity index is 588. The van der Waals surface area contributed by atoms with E-state index in [4.69, 9.17) is 9.47 Å². The number of ether oxygens (including phenoxy) is 2. The number of carbonyl (C=O) groups excluding carboxylic acids is 1. The highest BCUT2D eigenvalue weighted by molar-refractivity contribution is 5.85. The lowest BCUT2D eigenvalue weighted by Crippen LogP contribution is -2.48. The van der Waals surface area contributed by atoms with E-state index in [2.05, 4.69) is 21.5 Å². The van der Waals surface area contributed by atoms with Crippen molar-refractivity contribution in [1.29, 1.82) is 0 Å². The monoisotopic (exact) mass is 398 g/mol. The summed E-state index contributed by atoms with van der Waals surface area (Å²) < 4.78 is 10.7. The summed E-state index contributed by atoms with van der Waals surface area (Å²) in [6.45, 7) is 3.90. The molecule has 2 fully saturated rings. The fourth-order valence-corrected chi connectivity index (χ4v) is 3.91. The van der Waals surface area contributed by atoms with Crippen molar-refractivity contribution in [3.05, 3.63) is 29.8 Å². The fraction of sp³-hybridized carbons (Fsp3) is 0.632. The van der Waals surface area contributed by atoms with Gasteiger partial charge < -0.3 is 20.1 Å². The number of hydrazine groups is 1. The van der Waals surface area contributed by atoms with E-state index in [0.29, 0.717) is 19.7 Å². The van der Waals surface area contributed by atoms with Crippen LogP contribution in [0.25, 0.3) is 0 Å². The highest BCUT2D eigenvalue weighted by Crippen LogP contribution is 2.30. The van der Waals surface area contributed by atoms with Gasteiger partial charge in [0.2, 0.25) is 5.91 Å². The number of halogens is 1. The van der Waals surface area contributed by atoms with Crippen molar-refractivity contribution in [2.75, 3.05) is 47.0 Å². The zero-order valence-electron chi connectivity index (χ0n) is 16.0. The predicted molar refractivity (Wildman–Crippen MR) is 107 cm³/mol. The SMILES string of the molecule is COCC1(CNC(=O)C2CNNC2c2ccc(OC)cc2)CCNCC1.Cl. The summed E-state index contributed by atoms with van der Waals surface area (Å²) in [6, 6.07) is 7.80. The van der Waals surface area contributed by atoms with Crippen LogP contribution in [0.2, 0.25) is 0 Å². The zero-order valence-corrected chi connectivity index (χ0v) is 16.9. The maximum atomic E-state index is 12.9. The van der Waals surface area contributed by atoms with Crippen LogP contribution in [0.1, 0.15) is 24.4 Å². The standard InChI is InChI=1S/C19H30N4O3.ClH/c1-25-13-19(7-9-20-10-8-19)12-21-18(24)16-11-22-23-17(16)14-3-5-15(26-2)6-4-14;/h3-6,16-17,20,22-23H,7-13H2,1-2H3,(H,21,24);1H. The summed E-state index contributed by atoms with van der Waals surface area (Å²) >= 11 is 0. The van der Waals surface area contributed by atoms with E-state index in [1.165, 1.54) is 0 Å². The third kappa shape index (κ3) is 5.33. The smallest absolute Gasteiger partial charge is 0.226 e. The summed E-state index contributed by atoms with van der Waals surface area (Å²) in [5.41, 5.74) is 7.46. The Morgan fingerprint density at radius 1 is 1.22 bits per heavy atom. The van der Waals surface area contributed by atoms with E-state index in [1.807, 2.05) is 24.3 Å². The molecule has 8 heteroatoms. The molecule has 7 nitrogen and oxygen atoms in total. The number of hydrogen-bond acceptors (Lipinski definition) is 6. The first-order chi connectivity index (χ1) is 12.7. The summed E-state index contributed by atoms with van der Waals surface area (Å²) in [5, 5.41) is 6.57. The molecule has 0 radical (unpaired) electrons. The molecular weight excluding hydrogens is 368 g/mol. The Kier molecular flexibility index (Phi) is 8.31. The minimum atomic E-state index is -0.148. The average molecular weight is 399 g/mol. The molecular formula is C19H31ClN4O3. The lowest BCUT2D eigenvalue weighted by atomic mass is 9.79. The Balaban J connectivity index is 0.00000261. The van der Waals surface area contributed by atoms with E-state index in [0.717, 1.165) is 37.2 Å².